The molecule has 1 rings (SSSR count). The number of nitrogens with zero attached hydrogens (tertiary/aromatic N) is 1. The maximum absolute atomic E-state index is 11.8. The molecule has 1 aromatic rings. The molecule has 17 heavy (non-hydrogen) atoms. The SMILES string of the molecule is Cc1nc(C)c(C(C)NC(=O)[C@@H](N)C(C)C)s1. The Balaban J connectivity index is 2.70. The Bertz CT molecular complexity index is 400. The van der Waals surface area contributed by atoms with Gasteiger partial charge < -0.3 is 11.1 Å². The molecule has 5 heteroatoms. The van der Waals surface area contributed by atoms with Crippen LogP contribution in [0.15, 0.2) is 0 Å². The summed E-state index contributed by atoms with van der Waals surface area (Å²) >= 11 is 1.62. The van der Waals surface area contributed by atoms with Gasteiger partial charge in [0.25, 0.3) is 0 Å². The van der Waals surface area contributed by atoms with Crippen molar-refractivity contribution in [1.82, 2.24) is 10.3 Å². The van der Waals surface area contributed by atoms with Crippen molar-refractivity contribution in [2.24, 2.45) is 11.7 Å². The van der Waals surface area contributed by atoms with Crippen molar-refractivity contribution in [2.75, 3.05) is 0 Å². The van der Waals surface area contributed by atoms with E-state index >= 15 is 0 Å². The zero-order valence-corrected chi connectivity index (χ0v) is 11.9. The third-order valence-corrected chi connectivity index (χ3v) is 3.97. The first-order valence-corrected chi connectivity index (χ1v) is 6.64. The maximum Gasteiger partial charge on any atom is 0.237 e. The lowest BCUT2D eigenvalue weighted by Gasteiger charge is -2.19. The Kier molecular flexibility index (Phi) is 4.65. The average molecular weight is 255 g/mol. The van der Waals surface area contributed by atoms with Crippen molar-refractivity contribution in [1.29, 1.82) is 0 Å². The lowest BCUT2D eigenvalue weighted by atomic mass is 10.0. The second-order valence-electron chi connectivity index (χ2n) is 4.68. The first kappa shape index (κ1) is 14.1. The predicted molar refractivity (Wildman–Crippen MR) is 71.0 cm³/mol. The number of aromatic nitrogens is 1. The van der Waals surface area contributed by atoms with Crippen LogP contribution in [0.1, 0.15) is 42.4 Å². The van der Waals surface area contributed by atoms with Crippen LogP contribution in [0.5, 0.6) is 0 Å². The number of aryl methyl sites for hydroxylation is 2. The third-order valence-electron chi connectivity index (χ3n) is 2.71. The zero-order chi connectivity index (χ0) is 13.2. The summed E-state index contributed by atoms with van der Waals surface area (Å²) in [6, 6.07) is -0.481. The van der Waals surface area contributed by atoms with Gasteiger partial charge in [-0.2, -0.15) is 0 Å². The van der Waals surface area contributed by atoms with Gasteiger partial charge >= 0.3 is 0 Å². The van der Waals surface area contributed by atoms with Crippen LogP contribution < -0.4 is 11.1 Å². The zero-order valence-electron chi connectivity index (χ0n) is 11.1. The van der Waals surface area contributed by atoms with E-state index in [9.17, 15) is 4.79 Å². The highest BCUT2D eigenvalue weighted by Crippen LogP contribution is 2.24. The van der Waals surface area contributed by atoms with Crippen LogP contribution in [-0.2, 0) is 4.79 Å². The summed E-state index contributed by atoms with van der Waals surface area (Å²) < 4.78 is 0. The second-order valence-corrected chi connectivity index (χ2v) is 5.92. The van der Waals surface area contributed by atoms with E-state index in [0.717, 1.165) is 15.6 Å². The average Bonchev–Trinajstić information content (AvgIpc) is 2.56. The highest BCUT2D eigenvalue weighted by molar-refractivity contribution is 7.11. The van der Waals surface area contributed by atoms with Gasteiger partial charge in [-0.3, -0.25) is 4.79 Å². The molecule has 0 fully saturated rings. The summed E-state index contributed by atoms with van der Waals surface area (Å²) in [5, 5.41) is 3.96. The lowest BCUT2D eigenvalue weighted by Crippen LogP contribution is -2.44. The highest BCUT2D eigenvalue weighted by atomic mass is 32.1. The smallest absolute Gasteiger partial charge is 0.237 e. The van der Waals surface area contributed by atoms with Gasteiger partial charge in [0, 0.05) is 4.88 Å². The fraction of sp³-hybridized carbons (Fsp3) is 0.667. The summed E-state index contributed by atoms with van der Waals surface area (Å²) in [5.41, 5.74) is 6.79. The molecular weight excluding hydrogens is 234 g/mol. The maximum atomic E-state index is 11.8. The molecule has 0 radical (unpaired) electrons. The molecule has 96 valence electrons. The molecule has 3 N–H and O–H groups in total. The van der Waals surface area contributed by atoms with Gasteiger partial charge in [-0.15, -0.1) is 11.3 Å². The quantitative estimate of drug-likeness (QED) is 0.863. The molecule has 1 unspecified atom stereocenters. The van der Waals surface area contributed by atoms with E-state index in [2.05, 4.69) is 10.3 Å². The van der Waals surface area contributed by atoms with E-state index in [1.165, 1.54) is 0 Å². The highest BCUT2D eigenvalue weighted by Gasteiger charge is 2.21. The minimum absolute atomic E-state index is 0.0292. The third kappa shape index (κ3) is 3.51. The van der Waals surface area contributed by atoms with Gasteiger partial charge in [0.1, 0.15) is 0 Å². The second kappa shape index (κ2) is 5.60. The number of amides is 1. The molecule has 0 aliphatic heterocycles. The minimum Gasteiger partial charge on any atom is -0.347 e. The normalized spacial score (nSPS) is 14.8. The van der Waals surface area contributed by atoms with E-state index < -0.39 is 6.04 Å². The molecule has 0 saturated heterocycles. The van der Waals surface area contributed by atoms with Crippen LogP contribution in [0.2, 0.25) is 0 Å². The molecule has 1 amide bonds. The van der Waals surface area contributed by atoms with Gasteiger partial charge in [0.15, 0.2) is 0 Å². The molecule has 4 nitrogen and oxygen atoms in total. The number of thiazole rings is 1. The van der Waals surface area contributed by atoms with Crippen molar-refractivity contribution < 1.29 is 4.79 Å². The van der Waals surface area contributed by atoms with E-state index in [4.69, 9.17) is 5.73 Å². The number of hydrogen-bond acceptors (Lipinski definition) is 4. The van der Waals surface area contributed by atoms with Gasteiger partial charge in [-0.05, 0) is 26.7 Å². The molecule has 0 saturated carbocycles. The van der Waals surface area contributed by atoms with Gasteiger partial charge in [0.2, 0.25) is 5.91 Å². The summed E-state index contributed by atoms with van der Waals surface area (Å²) in [7, 11) is 0. The first-order chi connectivity index (χ1) is 7.82. The summed E-state index contributed by atoms with van der Waals surface area (Å²) in [6.07, 6.45) is 0. The summed E-state index contributed by atoms with van der Waals surface area (Å²) in [4.78, 5) is 17.3. The lowest BCUT2D eigenvalue weighted by molar-refractivity contribution is -0.123. The Labute approximate surface area is 107 Å². The summed E-state index contributed by atoms with van der Waals surface area (Å²) in [6.45, 7) is 9.78. The van der Waals surface area contributed by atoms with Crippen molar-refractivity contribution in [3.8, 4) is 0 Å². The number of nitrogens with two attached hydrogens (primary N) is 1. The minimum atomic E-state index is -0.452. The molecule has 1 aromatic heterocycles. The van der Waals surface area contributed by atoms with Crippen molar-refractivity contribution in [3.05, 3.63) is 15.6 Å². The number of nitrogens with one attached hydrogen (secondary N) is 1. The molecule has 1 heterocycles. The van der Waals surface area contributed by atoms with Crippen LogP contribution in [-0.4, -0.2) is 16.9 Å². The number of carbonyl (C=O) groups is 1. The van der Waals surface area contributed by atoms with Crippen LogP contribution in [0.4, 0.5) is 0 Å². The molecule has 0 bridgehead atoms. The number of rotatable bonds is 4. The standard InChI is InChI=1S/C12H21N3OS/c1-6(2)10(13)12(16)15-8(4)11-7(3)14-9(5)17-11/h6,8,10H,13H2,1-5H3,(H,15,16)/t8?,10-/m0/s1. The van der Waals surface area contributed by atoms with Gasteiger partial charge in [-0.1, -0.05) is 13.8 Å². The molecule has 0 aliphatic carbocycles. The molecule has 2 atom stereocenters. The Morgan fingerprint density at radius 1 is 1.35 bits per heavy atom. The molecular formula is C12H21N3OS. The largest absolute Gasteiger partial charge is 0.347 e. The van der Waals surface area contributed by atoms with Crippen LogP contribution in [0.3, 0.4) is 0 Å². The Morgan fingerprint density at radius 2 is 1.94 bits per heavy atom. The van der Waals surface area contributed by atoms with E-state index in [1.54, 1.807) is 11.3 Å². The van der Waals surface area contributed by atoms with Gasteiger partial charge in [0.05, 0.1) is 22.8 Å². The first-order valence-electron chi connectivity index (χ1n) is 5.82. The van der Waals surface area contributed by atoms with Crippen molar-refractivity contribution in [3.63, 3.8) is 0 Å². The number of hydrogen-bond donors (Lipinski definition) is 2. The predicted octanol–water partition coefficient (Wildman–Crippen LogP) is 1.92. The van der Waals surface area contributed by atoms with Crippen LogP contribution >= 0.6 is 11.3 Å². The molecule has 0 aliphatic rings. The monoisotopic (exact) mass is 255 g/mol. The molecule has 0 aromatic carbocycles. The van der Waals surface area contributed by atoms with Crippen molar-refractivity contribution in [2.45, 2.75) is 46.7 Å². The van der Waals surface area contributed by atoms with Gasteiger partial charge in [-0.25, -0.2) is 4.98 Å². The van der Waals surface area contributed by atoms with Crippen LogP contribution in [0.25, 0.3) is 0 Å². The van der Waals surface area contributed by atoms with E-state index in [-0.39, 0.29) is 17.9 Å². The number of carbonyl (C=O) groups excluding carboxylic acids is 1. The fourth-order valence-electron chi connectivity index (χ4n) is 1.63. The topological polar surface area (TPSA) is 68.0 Å². The summed E-state index contributed by atoms with van der Waals surface area (Å²) in [5.74, 6) is 0.0458. The van der Waals surface area contributed by atoms with E-state index in [1.807, 2.05) is 34.6 Å². The van der Waals surface area contributed by atoms with Crippen molar-refractivity contribution >= 4 is 17.2 Å². The Morgan fingerprint density at radius 3 is 2.35 bits per heavy atom. The molecule has 0 spiro atoms. The fourth-order valence-corrected chi connectivity index (χ4v) is 2.56. The van der Waals surface area contributed by atoms with Crippen LogP contribution in [0, 0.1) is 19.8 Å². The Hall–Kier alpha value is -0.940. The van der Waals surface area contributed by atoms with E-state index in [0.29, 0.717) is 0 Å².